The Kier molecular flexibility index (Phi) is 10.8. The second-order valence-corrected chi connectivity index (χ2v) is 10.4. The van der Waals surface area contributed by atoms with Gasteiger partial charge in [0.15, 0.2) is 7.72 Å². The van der Waals surface area contributed by atoms with Crippen molar-refractivity contribution in [3.05, 3.63) is 35.4 Å². The molecule has 0 aliphatic heterocycles. The number of aliphatic hydroxyl groups is 5. The summed E-state index contributed by atoms with van der Waals surface area (Å²) in [6, 6.07) is 5.55. The van der Waals surface area contributed by atoms with E-state index in [1.165, 1.54) is 92.3 Å². The van der Waals surface area contributed by atoms with E-state index in [9.17, 15) is 39.9 Å². The number of halogens is 3. The fourth-order valence-corrected chi connectivity index (χ4v) is 7.64. The molecule has 0 heterocycles. The van der Waals surface area contributed by atoms with Crippen molar-refractivity contribution in [3.8, 4) is 0 Å². The molecule has 7 N–H and O–H groups in total. The van der Waals surface area contributed by atoms with Crippen molar-refractivity contribution in [1.82, 2.24) is 8.01 Å². The standard InChI is InChI=1S/C17H22I3N3O8/c1-9(26)22(6-10(27)7-24)17(15(18)30,16(19,31)8-25)23(20)14(29)12-5-3-2-4-11(12)13(21)28/h2-5,10,15,24-25,27,30-31H,6-8H2,1H3,(H2,21,28). The van der Waals surface area contributed by atoms with E-state index in [4.69, 9.17) is 5.73 Å². The Balaban J connectivity index is 3.83. The van der Waals surface area contributed by atoms with E-state index in [-0.39, 0.29) is 11.1 Å². The molecule has 1 aromatic rings. The van der Waals surface area contributed by atoms with Gasteiger partial charge in [-0.15, -0.1) is 0 Å². The Morgan fingerprint density at radius 2 is 1.68 bits per heavy atom. The SMILES string of the molecule is CC(=O)N(CC(O)CO)C(C(O)I)(N(I)C(=O)c1ccccc1C(N)=O)C(O)(I)CO. The molecule has 1 aromatic carbocycles. The van der Waals surface area contributed by atoms with Gasteiger partial charge in [-0.3, -0.25) is 14.4 Å². The van der Waals surface area contributed by atoms with Crippen molar-refractivity contribution >= 4 is 85.8 Å². The summed E-state index contributed by atoms with van der Waals surface area (Å²) in [5, 5.41) is 51.0. The average molecular weight is 777 g/mol. The van der Waals surface area contributed by atoms with E-state index in [1.807, 2.05) is 0 Å². The first kappa shape index (κ1) is 28.7. The maximum atomic E-state index is 13.4. The first-order valence-electron chi connectivity index (χ1n) is 8.60. The van der Waals surface area contributed by atoms with Crippen LogP contribution < -0.4 is 5.73 Å². The van der Waals surface area contributed by atoms with E-state index in [0.29, 0.717) is 0 Å². The van der Waals surface area contributed by atoms with Crippen LogP contribution in [0.1, 0.15) is 27.6 Å². The van der Waals surface area contributed by atoms with Gasteiger partial charge in [0, 0.05) is 6.92 Å². The van der Waals surface area contributed by atoms with Crippen LogP contribution in [0.5, 0.6) is 0 Å². The molecule has 3 amide bonds. The molecular weight excluding hydrogens is 755 g/mol. The quantitative estimate of drug-likeness (QED) is 0.0784. The number of carbonyl (C=O) groups is 3. The third-order valence-corrected chi connectivity index (χ3v) is 7.58. The Morgan fingerprint density at radius 1 is 1.16 bits per heavy atom. The molecule has 4 atom stereocenters. The summed E-state index contributed by atoms with van der Waals surface area (Å²) in [6.45, 7) is -1.30. The largest absolute Gasteiger partial charge is 0.394 e. The van der Waals surface area contributed by atoms with Gasteiger partial charge in [-0.2, -0.15) is 0 Å². The molecule has 0 aliphatic rings. The number of aliphatic hydroxyl groups excluding tert-OH is 4. The summed E-state index contributed by atoms with van der Waals surface area (Å²) in [5.74, 6) is -2.61. The average Bonchev–Trinajstić information content (AvgIpc) is 2.71. The first-order chi connectivity index (χ1) is 14.3. The molecule has 14 heteroatoms. The van der Waals surface area contributed by atoms with Gasteiger partial charge in [-0.05, 0) is 57.3 Å². The molecule has 0 aliphatic carbocycles. The van der Waals surface area contributed by atoms with Crippen molar-refractivity contribution in [2.24, 2.45) is 5.73 Å². The minimum Gasteiger partial charge on any atom is -0.394 e. The van der Waals surface area contributed by atoms with E-state index in [0.717, 1.165) is 14.9 Å². The summed E-state index contributed by atoms with van der Waals surface area (Å²) in [7, 11) is 0. The second-order valence-electron chi connectivity index (χ2n) is 6.44. The molecule has 0 bridgehead atoms. The predicted octanol–water partition coefficient (Wildman–Crippen LogP) is -0.655. The highest BCUT2D eigenvalue weighted by molar-refractivity contribution is 14.1. The third-order valence-electron chi connectivity index (χ3n) is 4.40. The number of alkyl halides is 2. The smallest absolute Gasteiger partial charge is 0.265 e. The Hall–Kier alpha value is -0.380. The number of nitrogens with two attached hydrogens (primary N) is 1. The van der Waals surface area contributed by atoms with E-state index >= 15 is 0 Å². The van der Waals surface area contributed by atoms with Crippen LogP contribution in [0.2, 0.25) is 0 Å². The Morgan fingerprint density at radius 3 is 2.06 bits per heavy atom. The van der Waals surface area contributed by atoms with Gasteiger partial charge in [-0.25, -0.2) is 3.11 Å². The van der Waals surface area contributed by atoms with Crippen LogP contribution in [-0.4, -0.2) is 90.5 Å². The van der Waals surface area contributed by atoms with E-state index in [1.54, 1.807) is 0 Å². The van der Waals surface area contributed by atoms with E-state index in [2.05, 4.69) is 0 Å². The van der Waals surface area contributed by atoms with Gasteiger partial charge in [-0.1, -0.05) is 12.1 Å². The van der Waals surface area contributed by atoms with Crippen molar-refractivity contribution in [1.29, 1.82) is 0 Å². The van der Waals surface area contributed by atoms with Crippen molar-refractivity contribution in [3.63, 3.8) is 0 Å². The molecule has 0 radical (unpaired) electrons. The summed E-state index contributed by atoms with van der Waals surface area (Å²) in [4.78, 5) is 38.5. The number of carbonyl (C=O) groups excluding carboxylic acids is 3. The van der Waals surface area contributed by atoms with Crippen LogP contribution in [0.15, 0.2) is 24.3 Å². The van der Waals surface area contributed by atoms with Crippen LogP contribution >= 0.6 is 68.0 Å². The molecule has 0 aromatic heterocycles. The summed E-state index contributed by atoms with van der Waals surface area (Å²) < 4.78 is -3.29. The number of hydrogen-bond acceptors (Lipinski definition) is 8. The van der Waals surface area contributed by atoms with Crippen molar-refractivity contribution < 1.29 is 39.9 Å². The summed E-state index contributed by atoms with van der Waals surface area (Å²) in [6.07, 6.45) is -1.48. The molecule has 1 rings (SSSR count). The molecule has 4 unspecified atom stereocenters. The predicted molar refractivity (Wildman–Crippen MR) is 134 cm³/mol. The Labute approximate surface area is 219 Å². The molecule has 31 heavy (non-hydrogen) atoms. The number of rotatable bonds is 10. The Bertz CT molecular complexity index is 826. The molecule has 11 nitrogen and oxygen atoms in total. The normalized spacial score (nSPS) is 17.1. The maximum Gasteiger partial charge on any atom is 0.265 e. The number of hydrogen-bond donors (Lipinski definition) is 6. The van der Waals surface area contributed by atoms with E-state index < -0.39 is 57.0 Å². The summed E-state index contributed by atoms with van der Waals surface area (Å²) >= 11 is 4.28. The zero-order chi connectivity index (χ0) is 24.1. The van der Waals surface area contributed by atoms with Gasteiger partial charge < -0.3 is 36.2 Å². The highest BCUT2D eigenvalue weighted by Gasteiger charge is 2.63. The van der Waals surface area contributed by atoms with Crippen molar-refractivity contribution in [2.45, 2.75) is 26.4 Å². The monoisotopic (exact) mass is 777 g/mol. The van der Waals surface area contributed by atoms with Gasteiger partial charge >= 0.3 is 0 Å². The zero-order valence-corrected chi connectivity index (χ0v) is 22.6. The lowest BCUT2D eigenvalue weighted by Crippen LogP contribution is -2.76. The number of nitrogens with zero attached hydrogens (tertiary/aromatic N) is 2. The van der Waals surface area contributed by atoms with Gasteiger partial charge in [0.2, 0.25) is 17.5 Å². The fraction of sp³-hybridized carbons (Fsp3) is 0.471. The van der Waals surface area contributed by atoms with Gasteiger partial charge in [0.05, 0.1) is 59.9 Å². The van der Waals surface area contributed by atoms with Gasteiger partial charge in [0.1, 0.15) is 0 Å². The van der Waals surface area contributed by atoms with Crippen molar-refractivity contribution in [2.75, 3.05) is 19.8 Å². The molecule has 0 spiro atoms. The number of amides is 3. The van der Waals surface area contributed by atoms with Crippen LogP contribution in [-0.2, 0) is 4.79 Å². The molecular formula is C17H22I3N3O8. The zero-order valence-electron chi connectivity index (χ0n) is 16.2. The van der Waals surface area contributed by atoms with Gasteiger partial charge in [0.25, 0.3) is 5.91 Å². The topological polar surface area (TPSA) is 185 Å². The maximum absolute atomic E-state index is 13.4. The molecule has 174 valence electrons. The second kappa shape index (κ2) is 11.7. The highest BCUT2D eigenvalue weighted by Crippen LogP contribution is 2.45. The minimum atomic E-state index is -2.36. The number of benzene rings is 1. The molecule has 0 fully saturated rings. The lowest BCUT2D eigenvalue weighted by molar-refractivity contribution is -0.169. The summed E-state index contributed by atoms with van der Waals surface area (Å²) in [5.41, 5.74) is 2.67. The van der Waals surface area contributed by atoms with Crippen LogP contribution in [0.25, 0.3) is 0 Å². The lowest BCUT2D eigenvalue weighted by atomic mass is 9.98. The van der Waals surface area contributed by atoms with Crippen LogP contribution in [0, 0.1) is 0 Å². The van der Waals surface area contributed by atoms with Crippen LogP contribution in [0.3, 0.4) is 0 Å². The first-order valence-corrected chi connectivity index (χ1v) is 11.9. The fourth-order valence-electron chi connectivity index (χ4n) is 2.91. The third kappa shape index (κ3) is 5.76. The van der Waals surface area contributed by atoms with Crippen LogP contribution in [0.4, 0.5) is 0 Å². The lowest BCUT2D eigenvalue weighted by Gasteiger charge is -2.54. The highest BCUT2D eigenvalue weighted by atomic mass is 127. The minimum absolute atomic E-state index is 0.142. The molecule has 0 saturated heterocycles. The molecule has 0 saturated carbocycles. The number of primary amides is 1.